The summed E-state index contributed by atoms with van der Waals surface area (Å²) in [5.74, 6) is -0.803. The number of esters is 1. The number of rotatable bonds is 6. The SMILES string of the molecule is CCCN(CC(=O)OCC)C(=O)c1c(N)cccc1Cl. The number of nitrogens with two attached hydrogens (primary N) is 1. The van der Waals surface area contributed by atoms with Crippen LogP contribution in [-0.4, -0.2) is 36.5 Å². The van der Waals surface area contributed by atoms with Gasteiger partial charge in [0.2, 0.25) is 0 Å². The van der Waals surface area contributed by atoms with E-state index in [1.807, 2.05) is 6.92 Å². The fourth-order valence-corrected chi connectivity index (χ4v) is 2.07. The number of hydrogen-bond donors (Lipinski definition) is 1. The fraction of sp³-hybridized carbons (Fsp3) is 0.429. The first-order valence-corrected chi connectivity index (χ1v) is 6.87. The molecule has 0 aliphatic carbocycles. The molecule has 5 nitrogen and oxygen atoms in total. The van der Waals surface area contributed by atoms with Crippen molar-refractivity contribution in [3.8, 4) is 0 Å². The second kappa shape index (κ2) is 7.75. The van der Waals surface area contributed by atoms with E-state index in [-0.39, 0.29) is 29.6 Å². The van der Waals surface area contributed by atoms with Crippen molar-refractivity contribution >= 4 is 29.2 Å². The molecule has 0 bridgehead atoms. The molecule has 2 N–H and O–H groups in total. The highest BCUT2D eigenvalue weighted by atomic mass is 35.5. The highest BCUT2D eigenvalue weighted by molar-refractivity contribution is 6.34. The molecule has 0 atom stereocenters. The molecule has 0 fully saturated rings. The van der Waals surface area contributed by atoms with Crippen LogP contribution in [0.3, 0.4) is 0 Å². The minimum atomic E-state index is -0.445. The Balaban J connectivity index is 2.96. The molecule has 20 heavy (non-hydrogen) atoms. The van der Waals surface area contributed by atoms with Crippen LogP contribution in [0, 0.1) is 0 Å². The third-order valence-electron chi connectivity index (χ3n) is 2.67. The molecule has 1 aromatic rings. The van der Waals surface area contributed by atoms with Crippen molar-refractivity contribution < 1.29 is 14.3 Å². The summed E-state index contributed by atoms with van der Waals surface area (Å²) < 4.78 is 4.87. The van der Waals surface area contributed by atoms with E-state index in [9.17, 15) is 9.59 Å². The molecular formula is C14H19ClN2O3. The lowest BCUT2D eigenvalue weighted by atomic mass is 10.1. The number of nitrogen functional groups attached to an aromatic ring is 1. The second-order valence-electron chi connectivity index (χ2n) is 4.24. The lowest BCUT2D eigenvalue weighted by molar-refractivity contribution is -0.143. The van der Waals surface area contributed by atoms with E-state index in [0.717, 1.165) is 6.42 Å². The van der Waals surface area contributed by atoms with Crippen LogP contribution in [-0.2, 0) is 9.53 Å². The summed E-state index contributed by atoms with van der Waals surface area (Å²) in [6.45, 7) is 4.24. The van der Waals surface area contributed by atoms with E-state index in [1.165, 1.54) is 4.90 Å². The lowest BCUT2D eigenvalue weighted by Gasteiger charge is -2.22. The summed E-state index contributed by atoms with van der Waals surface area (Å²) in [5.41, 5.74) is 6.32. The highest BCUT2D eigenvalue weighted by Gasteiger charge is 2.22. The van der Waals surface area contributed by atoms with E-state index >= 15 is 0 Å². The summed E-state index contributed by atoms with van der Waals surface area (Å²) in [6.07, 6.45) is 0.718. The quantitative estimate of drug-likeness (QED) is 0.646. The number of hydrogen-bond acceptors (Lipinski definition) is 4. The number of halogens is 1. The maximum atomic E-state index is 12.5. The predicted octanol–water partition coefficient (Wildman–Crippen LogP) is 2.34. The molecule has 0 radical (unpaired) electrons. The molecular weight excluding hydrogens is 280 g/mol. The van der Waals surface area contributed by atoms with Crippen LogP contribution >= 0.6 is 11.6 Å². The third-order valence-corrected chi connectivity index (χ3v) is 2.98. The summed E-state index contributed by atoms with van der Waals surface area (Å²) >= 11 is 6.02. The van der Waals surface area contributed by atoms with E-state index < -0.39 is 5.97 Å². The number of benzene rings is 1. The van der Waals surface area contributed by atoms with Crippen molar-refractivity contribution in [1.82, 2.24) is 4.90 Å². The summed E-state index contributed by atoms with van der Waals surface area (Å²) in [7, 11) is 0. The van der Waals surface area contributed by atoms with Crippen molar-refractivity contribution in [2.45, 2.75) is 20.3 Å². The molecule has 0 saturated carbocycles. The summed E-state index contributed by atoms with van der Waals surface area (Å²) in [4.78, 5) is 25.4. The van der Waals surface area contributed by atoms with Crippen molar-refractivity contribution in [3.63, 3.8) is 0 Å². The van der Waals surface area contributed by atoms with Gasteiger partial charge in [0.05, 0.1) is 17.2 Å². The minimum Gasteiger partial charge on any atom is -0.465 e. The van der Waals surface area contributed by atoms with Gasteiger partial charge >= 0.3 is 5.97 Å². The molecule has 0 aliphatic heterocycles. The van der Waals surface area contributed by atoms with Crippen LogP contribution in [0.1, 0.15) is 30.6 Å². The minimum absolute atomic E-state index is 0.106. The van der Waals surface area contributed by atoms with E-state index in [2.05, 4.69) is 0 Å². The van der Waals surface area contributed by atoms with Gasteiger partial charge in [-0.2, -0.15) is 0 Å². The number of ether oxygens (including phenoxy) is 1. The first-order chi connectivity index (χ1) is 9.51. The Morgan fingerprint density at radius 1 is 1.35 bits per heavy atom. The molecule has 0 saturated heterocycles. The molecule has 110 valence electrons. The van der Waals surface area contributed by atoms with E-state index in [0.29, 0.717) is 12.2 Å². The standard InChI is InChI=1S/C14H19ClN2O3/c1-3-8-17(9-12(18)20-4-2)14(19)13-10(15)6-5-7-11(13)16/h5-7H,3-4,8-9,16H2,1-2H3. The van der Waals surface area contributed by atoms with Gasteiger partial charge in [-0.05, 0) is 25.5 Å². The van der Waals surface area contributed by atoms with Gasteiger partial charge < -0.3 is 15.4 Å². The van der Waals surface area contributed by atoms with Crippen LogP contribution in [0.5, 0.6) is 0 Å². The van der Waals surface area contributed by atoms with Gasteiger partial charge in [0.15, 0.2) is 0 Å². The Morgan fingerprint density at radius 2 is 2.05 bits per heavy atom. The van der Waals surface area contributed by atoms with Crippen molar-refractivity contribution in [2.75, 3.05) is 25.4 Å². The fourth-order valence-electron chi connectivity index (χ4n) is 1.81. The van der Waals surface area contributed by atoms with Crippen LogP contribution in [0.15, 0.2) is 18.2 Å². The molecule has 0 aliphatic rings. The molecule has 1 aromatic carbocycles. The maximum Gasteiger partial charge on any atom is 0.325 e. The lowest BCUT2D eigenvalue weighted by Crippen LogP contribution is -2.37. The Labute approximate surface area is 123 Å². The predicted molar refractivity (Wildman–Crippen MR) is 78.7 cm³/mol. The van der Waals surface area contributed by atoms with Gasteiger partial charge in [-0.15, -0.1) is 0 Å². The normalized spacial score (nSPS) is 10.2. The molecule has 0 spiro atoms. The summed E-state index contributed by atoms with van der Waals surface area (Å²) in [5, 5.41) is 0.278. The smallest absolute Gasteiger partial charge is 0.325 e. The van der Waals surface area contributed by atoms with Gasteiger partial charge in [0.1, 0.15) is 6.54 Å². The first-order valence-electron chi connectivity index (χ1n) is 6.50. The maximum absolute atomic E-state index is 12.5. The van der Waals surface area contributed by atoms with Crippen molar-refractivity contribution in [1.29, 1.82) is 0 Å². The zero-order valence-corrected chi connectivity index (χ0v) is 12.4. The van der Waals surface area contributed by atoms with Gasteiger partial charge in [-0.3, -0.25) is 9.59 Å². The molecule has 1 amide bonds. The van der Waals surface area contributed by atoms with Crippen molar-refractivity contribution in [2.24, 2.45) is 0 Å². The number of carbonyl (C=O) groups is 2. The number of amides is 1. The Hall–Kier alpha value is -1.75. The monoisotopic (exact) mass is 298 g/mol. The Bertz CT molecular complexity index is 471. The van der Waals surface area contributed by atoms with Crippen LogP contribution in [0.2, 0.25) is 5.02 Å². The van der Waals surface area contributed by atoms with Crippen LogP contribution in [0.4, 0.5) is 5.69 Å². The average molecular weight is 299 g/mol. The molecule has 0 heterocycles. The first kappa shape index (κ1) is 16.3. The topological polar surface area (TPSA) is 72.6 Å². The second-order valence-corrected chi connectivity index (χ2v) is 4.64. The summed E-state index contributed by atoms with van der Waals surface area (Å²) in [6, 6.07) is 4.87. The van der Waals surface area contributed by atoms with Crippen LogP contribution < -0.4 is 5.73 Å². The van der Waals surface area contributed by atoms with Crippen molar-refractivity contribution in [3.05, 3.63) is 28.8 Å². The number of nitrogens with zero attached hydrogens (tertiary/aromatic N) is 1. The van der Waals surface area contributed by atoms with Gasteiger partial charge in [0, 0.05) is 12.2 Å². The van der Waals surface area contributed by atoms with E-state index in [1.54, 1.807) is 25.1 Å². The largest absolute Gasteiger partial charge is 0.465 e. The third kappa shape index (κ3) is 4.13. The van der Waals surface area contributed by atoms with Gasteiger partial charge in [0.25, 0.3) is 5.91 Å². The van der Waals surface area contributed by atoms with Crippen LogP contribution in [0.25, 0.3) is 0 Å². The van der Waals surface area contributed by atoms with Gasteiger partial charge in [-0.25, -0.2) is 0 Å². The number of anilines is 1. The Kier molecular flexibility index (Phi) is 6.31. The highest BCUT2D eigenvalue weighted by Crippen LogP contribution is 2.23. The Morgan fingerprint density at radius 3 is 2.60 bits per heavy atom. The molecule has 0 unspecified atom stereocenters. The molecule has 6 heteroatoms. The zero-order chi connectivity index (χ0) is 15.1. The van der Waals surface area contributed by atoms with Gasteiger partial charge in [-0.1, -0.05) is 24.6 Å². The zero-order valence-electron chi connectivity index (χ0n) is 11.7. The number of carbonyl (C=O) groups excluding carboxylic acids is 2. The molecule has 0 aromatic heterocycles. The molecule has 1 rings (SSSR count). The average Bonchev–Trinajstić information content (AvgIpc) is 2.38. The van der Waals surface area contributed by atoms with E-state index in [4.69, 9.17) is 22.1 Å².